The van der Waals surface area contributed by atoms with Gasteiger partial charge in [-0.25, -0.2) is 0 Å². The number of non-ortho nitro benzene ring substituents is 1. The number of nitrogens with one attached hydrogen (secondary N) is 2. The van der Waals surface area contributed by atoms with Crippen LogP contribution in [-0.2, 0) is 9.59 Å². The van der Waals surface area contributed by atoms with Gasteiger partial charge in [0.1, 0.15) is 0 Å². The van der Waals surface area contributed by atoms with E-state index in [1.54, 1.807) is 42.5 Å². The molecule has 2 aromatic carbocycles. The Morgan fingerprint density at radius 3 is 2.07 bits per heavy atom. The molecule has 0 aliphatic rings. The first-order valence-corrected chi connectivity index (χ1v) is 8.47. The van der Waals surface area contributed by atoms with Crippen LogP contribution in [0.4, 0.5) is 17.1 Å². The molecule has 0 fully saturated rings. The van der Waals surface area contributed by atoms with E-state index in [9.17, 15) is 19.7 Å². The second-order valence-corrected chi connectivity index (χ2v) is 6.39. The van der Waals surface area contributed by atoms with Crippen LogP contribution in [0.2, 0.25) is 0 Å². The highest BCUT2D eigenvalue weighted by Gasteiger charge is 2.06. The molecule has 0 radical (unpaired) electrons. The van der Waals surface area contributed by atoms with E-state index in [1.807, 2.05) is 13.8 Å². The Morgan fingerprint density at radius 2 is 1.56 bits per heavy atom. The minimum atomic E-state index is -0.477. The predicted molar refractivity (Wildman–Crippen MR) is 105 cm³/mol. The second kappa shape index (κ2) is 9.28. The molecule has 0 aliphatic heterocycles. The van der Waals surface area contributed by atoms with Crippen LogP contribution in [0.3, 0.4) is 0 Å². The van der Waals surface area contributed by atoms with Gasteiger partial charge in [-0.1, -0.05) is 13.8 Å². The number of anilines is 2. The molecule has 0 saturated carbocycles. The van der Waals surface area contributed by atoms with Crippen molar-refractivity contribution in [1.29, 1.82) is 0 Å². The fraction of sp³-hybridized carbons (Fsp3) is 0.200. The fourth-order valence-electron chi connectivity index (χ4n) is 2.28. The molecule has 2 rings (SSSR count). The third-order valence-corrected chi connectivity index (χ3v) is 3.56. The largest absolute Gasteiger partial charge is 0.326 e. The average Bonchev–Trinajstić information content (AvgIpc) is 2.61. The SMILES string of the molecule is CC(C)CC(=O)Nc1ccc(NC(=O)/C=C/c2ccc([N+](=O)[O-])cc2)cc1. The highest BCUT2D eigenvalue weighted by Crippen LogP contribution is 2.15. The average molecular weight is 367 g/mol. The molecule has 0 aliphatic carbocycles. The Labute approximate surface area is 157 Å². The highest BCUT2D eigenvalue weighted by molar-refractivity contribution is 6.02. The van der Waals surface area contributed by atoms with Crippen LogP contribution in [0.1, 0.15) is 25.8 Å². The zero-order chi connectivity index (χ0) is 19.8. The zero-order valence-electron chi connectivity index (χ0n) is 15.1. The molecular weight excluding hydrogens is 346 g/mol. The molecule has 2 N–H and O–H groups in total. The van der Waals surface area contributed by atoms with Gasteiger partial charge in [0.15, 0.2) is 0 Å². The summed E-state index contributed by atoms with van der Waals surface area (Å²) in [5, 5.41) is 16.1. The third kappa shape index (κ3) is 6.74. The van der Waals surface area contributed by atoms with Crippen LogP contribution < -0.4 is 10.6 Å². The van der Waals surface area contributed by atoms with Crippen molar-refractivity contribution in [1.82, 2.24) is 0 Å². The van der Waals surface area contributed by atoms with Crippen molar-refractivity contribution in [3.05, 3.63) is 70.3 Å². The molecule has 0 spiro atoms. The van der Waals surface area contributed by atoms with E-state index in [0.29, 0.717) is 23.4 Å². The van der Waals surface area contributed by atoms with E-state index in [-0.39, 0.29) is 23.4 Å². The lowest BCUT2D eigenvalue weighted by Gasteiger charge is -2.08. The van der Waals surface area contributed by atoms with Gasteiger partial charge in [0.25, 0.3) is 5.69 Å². The smallest absolute Gasteiger partial charge is 0.269 e. The molecule has 27 heavy (non-hydrogen) atoms. The number of carbonyl (C=O) groups is 2. The van der Waals surface area contributed by atoms with Crippen molar-refractivity contribution in [2.45, 2.75) is 20.3 Å². The minimum absolute atomic E-state index is 0.00261. The number of carbonyl (C=O) groups excluding carboxylic acids is 2. The van der Waals surface area contributed by atoms with Gasteiger partial charge < -0.3 is 10.6 Å². The normalized spacial score (nSPS) is 10.8. The number of nitrogens with zero attached hydrogens (tertiary/aromatic N) is 1. The van der Waals surface area contributed by atoms with Gasteiger partial charge in [-0.2, -0.15) is 0 Å². The Hall–Kier alpha value is -3.48. The number of nitro groups is 1. The Morgan fingerprint density at radius 1 is 1.00 bits per heavy atom. The van der Waals surface area contributed by atoms with Gasteiger partial charge in [0.05, 0.1) is 4.92 Å². The molecule has 7 nitrogen and oxygen atoms in total. The molecular formula is C20H21N3O4. The summed E-state index contributed by atoms with van der Waals surface area (Å²) in [6, 6.07) is 12.7. The molecule has 0 heterocycles. The summed E-state index contributed by atoms with van der Waals surface area (Å²) in [6.07, 6.45) is 3.37. The molecule has 7 heteroatoms. The summed E-state index contributed by atoms with van der Waals surface area (Å²) in [4.78, 5) is 33.8. The fourth-order valence-corrected chi connectivity index (χ4v) is 2.28. The van der Waals surface area contributed by atoms with E-state index in [1.165, 1.54) is 18.2 Å². The summed E-state index contributed by atoms with van der Waals surface area (Å²) in [6.45, 7) is 3.95. The number of hydrogen-bond acceptors (Lipinski definition) is 4. The van der Waals surface area contributed by atoms with Gasteiger partial charge in [0.2, 0.25) is 11.8 Å². The Bertz CT molecular complexity index is 841. The highest BCUT2D eigenvalue weighted by atomic mass is 16.6. The molecule has 0 atom stereocenters. The number of nitro benzene ring substituents is 1. The Kier molecular flexibility index (Phi) is 6.82. The van der Waals surface area contributed by atoms with E-state index in [4.69, 9.17) is 0 Å². The second-order valence-electron chi connectivity index (χ2n) is 6.39. The van der Waals surface area contributed by atoms with Crippen LogP contribution in [0.25, 0.3) is 6.08 Å². The first kappa shape index (κ1) is 19.8. The van der Waals surface area contributed by atoms with Crippen molar-refractivity contribution in [2.24, 2.45) is 5.92 Å². The zero-order valence-corrected chi connectivity index (χ0v) is 15.1. The minimum Gasteiger partial charge on any atom is -0.326 e. The number of hydrogen-bond donors (Lipinski definition) is 2. The maximum absolute atomic E-state index is 12.0. The molecule has 0 bridgehead atoms. The molecule has 0 unspecified atom stereocenters. The van der Waals surface area contributed by atoms with Crippen molar-refractivity contribution in [2.75, 3.05) is 10.6 Å². The van der Waals surface area contributed by atoms with Gasteiger partial charge >= 0.3 is 0 Å². The van der Waals surface area contributed by atoms with E-state index in [2.05, 4.69) is 10.6 Å². The summed E-state index contributed by atoms with van der Waals surface area (Å²) in [5.41, 5.74) is 1.94. The van der Waals surface area contributed by atoms with Crippen LogP contribution in [-0.4, -0.2) is 16.7 Å². The Balaban J connectivity index is 1.89. The lowest BCUT2D eigenvalue weighted by atomic mass is 10.1. The summed E-state index contributed by atoms with van der Waals surface area (Å²) in [7, 11) is 0. The van der Waals surface area contributed by atoms with Gasteiger partial charge in [-0.15, -0.1) is 0 Å². The van der Waals surface area contributed by atoms with E-state index >= 15 is 0 Å². The van der Waals surface area contributed by atoms with Crippen molar-refractivity contribution >= 4 is 35.0 Å². The van der Waals surface area contributed by atoms with Crippen LogP contribution in [0.15, 0.2) is 54.6 Å². The standard InChI is InChI=1S/C20H21N3O4/c1-14(2)13-20(25)22-17-8-6-16(7-9-17)21-19(24)12-5-15-3-10-18(11-4-15)23(26)27/h3-12,14H,13H2,1-2H3,(H,21,24)(H,22,25)/b12-5+. The van der Waals surface area contributed by atoms with Gasteiger partial charge in [-0.3, -0.25) is 19.7 Å². The number of rotatable bonds is 7. The maximum atomic E-state index is 12.0. The van der Waals surface area contributed by atoms with Crippen molar-refractivity contribution < 1.29 is 14.5 Å². The van der Waals surface area contributed by atoms with Crippen LogP contribution in [0, 0.1) is 16.0 Å². The first-order valence-electron chi connectivity index (χ1n) is 8.47. The van der Waals surface area contributed by atoms with E-state index in [0.717, 1.165) is 0 Å². The first-order chi connectivity index (χ1) is 12.8. The third-order valence-electron chi connectivity index (χ3n) is 3.56. The molecule has 2 aromatic rings. The topological polar surface area (TPSA) is 101 Å². The van der Waals surface area contributed by atoms with Crippen LogP contribution in [0.5, 0.6) is 0 Å². The monoisotopic (exact) mass is 367 g/mol. The van der Waals surface area contributed by atoms with Crippen molar-refractivity contribution in [3.63, 3.8) is 0 Å². The lowest BCUT2D eigenvalue weighted by Crippen LogP contribution is -2.14. The van der Waals surface area contributed by atoms with Gasteiger partial charge in [0, 0.05) is 36.0 Å². The van der Waals surface area contributed by atoms with Crippen LogP contribution >= 0.6 is 0 Å². The number of benzene rings is 2. The number of amides is 2. The predicted octanol–water partition coefficient (Wildman–Crippen LogP) is 4.23. The summed E-state index contributed by atoms with van der Waals surface area (Å²) in [5.74, 6) is -0.0936. The summed E-state index contributed by atoms with van der Waals surface area (Å²) >= 11 is 0. The molecule has 0 aromatic heterocycles. The van der Waals surface area contributed by atoms with Crippen molar-refractivity contribution in [3.8, 4) is 0 Å². The quantitative estimate of drug-likeness (QED) is 0.434. The molecule has 2 amide bonds. The van der Waals surface area contributed by atoms with Gasteiger partial charge in [-0.05, 0) is 54.0 Å². The lowest BCUT2D eigenvalue weighted by molar-refractivity contribution is -0.384. The molecule has 0 saturated heterocycles. The summed E-state index contributed by atoms with van der Waals surface area (Å²) < 4.78 is 0. The van der Waals surface area contributed by atoms with E-state index < -0.39 is 4.92 Å². The molecule has 140 valence electrons. The maximum Gasteiger partial charge on any atom is 0.269 e.